The van der Waals surface area contributed by atoms with Crippen molar-refractivity contribution in [1.82, 2.24) is 30.5 Å². The van der Waals surface area contributed by atoms with E-state index in [1.54, 1.807) is 4.68 Å². The van der Waals surface area contributed by atoms with Gasteiger partial charge in [-0.3, -0.25) is 0 Å². The zero-order chi connectivity index (χ0) is 9.80. The average Bonchev–Trinajstić information content (AvgIpc) is 2.79. The lowest BCUT2D eigenvalue weighted by atomic mass is 10.5. The Morgan fingerprint density at radius 1 is 1.57 bits per heavy atom. The van der Waals surface area contributed by atoms with E-state index in [9.17, 15) is 0 Å². The molecule has 0 saturated heterocycles. The van der Waals surface area contributed by atoms with Crippen molar-refractivity contribution in [3.05, 3.63) is 24.1 Å². The van der Waals surface area contributed by atoms with Crippen molar-refractivity contribution in [2.45, 2.75) is 13.1 Å². The van der Waals surface area contributed by atoms with Gasteiger partial charge in [-0.25, -0.2) is 4.68 Å². The second-order valence-electron chi connectivity index (χ2n) is 2.77. The predicted octanol–water partition coefficient (Wildman–Crippen LogP) is -0.571. The summed E-state index contributed by atoms with van der Waals surface area (Å²) in [7, 11) is 1.86. The Bertz CT molecular complexity index is 381. The Hall–Kier alpha value is -1.76. The van der Waals surface area contributed by atoms with Gasteiger partial charge in [0.15, 0.2) is 6.33 Å². The number of hydrogen-bond donors (Lipinski definition) is 1. The monoisotopic (exact) mass is 194 g/mol. The van der Waals surface area contributed by atoms with Crippen molar-refractivity contribution in [2.24, 2.45) is 0 Å². The zero-order valence-electron chi connectivity index (χ0n) is 7.71. The van der Waals surface area contributed by atoms with E-state index in [1.807, 2.05) is 13.2 Å². The van der Waals surface area contributed by atoms with Crippen molar-refractivity contribution < 1.29 is 4.52 Å². The van der Waals surface area contributed by atoms with E-state index >= 15 is 0 Å². The van der Waals surface area contributed by atoms with Crippen LogP contribution in [0.5, 0.6) is 0 Å². The molecule has 0 spiro atoms. The molecule has 0 aromatic carbocycles. The molecule has 0 unspecified atom stereocenters. The predicted molar refractivity (Wildman–Crippen MR) is 46.2 cm³/mol. The Kier molecular flexibility index (Phi) is 2.50. The van der Waals surface area contributed by atoms with Crippen LogP contribution in [0.2, 0.25) is 0 Å². The van der Waals surface area contributed by atoms with E-state index in [0.29, 0.717) is 19.0 Å². The lowest BCUT2D eigenvalue weighted by Gasteiger charge is -1.92. The van der Waals surface area contributed by atoms with Crippen LogP contribution in [-0.4, -0.2) is 32.2 Å². The van der Waals surface area contributed by atoms with Crippen LogP contribution in [-0.2, 0) is 13.1 Å². The fourth-order valence-corrected chi connectivity index (χ4v) is 1.08. The van der Waals surface area contributed by atoms with Gasteiger partial charge in [-0.15, -0.1) is 5.10 Å². The summed E-state index contributed by atoms with van der Waals surface area (Å²) >= 11 is 0. The molecule has 2 rings (SSSR count). The molecule has 7 heteroatoms. The third kappa shape index (κ3) is 1.94. The first-order chi connectivity index (χ1) is 6.88. The fraction of sp³-hybridized carbons (Fsp3) is 0.429. The minimum absolute atomic E-state index is 0.455. The maximum absolute atomic E-state index is 4.84. The van der Waals surface area contributed by atoms with Gasteiger partial charge in [-0.05, 0) is 7.05 Å². The van der Waals surface area contributed by atoms with Gasteiger partial charge in [0, 0.05) is 6.54 Å². The van der Waals surface area contributed by atoms with Crippen LogP contribution in [0.1, 0.15) is 11.6 Å². The SMILES string of the molecule is CNCc1cn(Cc2ncno2)nn1. The highest BCUT2D eigenvalue weighted by atomic mass is 16.5. The molecule has 14 heavy (non-hydrogen) atoms. The third-order valence-corrected chi connectivity index (χ3v) is 1.65. The van der Waals surface area contributed by atoms with Crippen LogP contribution in [0.15, 0.2) is 17.0 Å². The highest BCUT2D eigenvalue weighted by molar-refractivity contribution is 4.92. The van der Waals surface area contributed by atoms with Crippen molar-refractivity contribution in [1.29, 1.82) is 0 Å². The quantitative estimate of drug-likeness (QED) is 0.701. The Morgan fingerprint density at radius 3 is 3.21 bits per heavy atom. The lowest BCUT2D eigenvalue weighted by Crippen LogP contribution is -2.05. The van der Waals surface area contributed by atoms with Crippen molar-refractivity contribution >= 4 is 0 Å². The van der Waals surface area contributed by atoms with Crippen LogP contribution < -0.4 is 5.32 Å². The number of aromatic nitrogens is 5. The molecule has 0 aliphatic rings. The second-order valence-corrected chi connectivity index (χ2v) is 2.77. The summed E-state index contributed by atoms with van der Waals surface area (Å²) in [4.78, 5) is 3.88. The van der Waals surface area contributed by atoms with Gasteiger partial charge in [0.25, 0.3) is 0 Å². The zero-order valence-corrected chi connectivity index (χ0v) is 7.71. The summed E-state index contributed by atoms with van der Waals surface area (Å²) < 4.78 is 6.49. The first-order valence-electron chi connectivity index (χ1n) is 4.17. The largest absolute Gasteiger partial charge is 0.338 e. The van der Waals surface area contributed by atoms with Gasteiger partial charge in [-0.1, -0.05) is 10.4 Å². The molecular weight excluding hydrogens is 184 g/mol. The van der Waals surface area contributed by atoms with Gasteiger partial charge in [0.05, 0.1) is 11.9 Å². The van der Waals surface area contributed by atoms with E-state index in [4.69, 9.17) is 4.52 Å². The van der Waals surface area contributed by atoms with Crippen molar-refractivity contribution in [2.75, 3.05) is 7.05 Å². The topological polar surface area (TPSA) is 81.7 Å². The normalized spacial score (nSPS) is 10.6. The van der Waals surface area contributed by atoms with E-state index in [2.05, 4.69) is 25.8 Å². The van der Waals surface area contributed by atoms with Crippen LogP contribution in [0.4, 0.5) is 0 Å². The molecule has 0 fully saturated rings. The van der Waals surface area contributed by atoms with Crippen molar-refractivity contribution in [3.8, 4) is 0 Å². The first-order valence-corrected chi connectivity index (χ1v) is 4.17. The Labute approximate surface area is 80.1 Å². The minimum Gasteiger partial charge on any atom is -0.338 e. The highest BCUT2D eigenvalue weighted by Gasteiger charge is 2.03. The number of rotatable bonds is 4. The summed E-state index contributed by atoms with van der Waals surface area (Å²) in [6.45, 7) is 1.15. The Balaban J connectivity index is 2.03. The molecule has 0 saturated carbocycles. The molecule has 0 aliphatic carbocycles. The molecule has 0 radical (unpaired) electrons. The smallest absolute Gasteiger partial charge is 0.248 e. The van der Waals surface area contributed by atoms with Gasteiger partial charge in [0.2, 0.25) is 5.89 Å². The number of nitrogens with zero attached hydrogens (tertiary/aromatic N) is 5. The van der Waals surface area contributed by atoms with E-state index in [1.165, 1.54) is 6.33 Å². The summed E-state index contributed by atoms with van der Waals surface area (Å²) in [5, 5.41) is 14.3. The summed E-state index contributed by atoms with van der Waals surface area (Å²) in [5.41, 5.74) is 0.881. The first kappa shape index (κ1) is 8.82. The molecule has 74 valence electrons. The maximum atomic E-state index is 4.84. The van der Waals surface area contributed by atoms with Crippen LogP contribution in [0.3, 0.4) is 0 Å². The molecule has 0 amide bonds. The van der Waals surface area contributed by atoms with E-state index in [0.717, 1.165) is 5.69 Å². The lowest BCUT2D eigenvalue weighted by molar-refractivity contribution is 0.363. The number of hydrogen-bond acceptors (Lipinski definition) is 6. The molecule has 2 aromatic rings. The fourth-order valence-electron chi connectivity index (χ4n) is 1.08. The van der Waals surface area contributed by atoms with Gasteiger partial charge < -0.3 is 9.84 Å². The molecule has 0 atom stereocenters. The summed E-state index contributed by atoms with van der Waals surface area (Å²) in [5.74, 6) is 0.519. The number of nitrogens with one attached hydrogen (secondary N) is 1. The Morgan fingerprint density at radius 2 is 2.50 bits per heavy atom. The second kappa shape index (κ2) is 3.97. The molecule has 0 aliphatic heterocycles. The van der Waals surface area contributed by atoms with Crippen molar-refractivity contribution in [3.63, 3.8) is 0 Å². The molecule has 2 aromatic heterocycles. The molecular formula is C7H10N6O. The summed E-state index contributed by atoms with van der Waals surface area (Å²) in [6.07, 6.45) is 3.20. The van der Waals surface area contributed by atoms with Crippen LogP contribution >= 0.6 is 0 Å². The third-order valence-electron chi connectivity index (χ3n) is 1.65. The highest BCUT2D eigenvalue weighted by Crippen LogP contribution is 1.97. The standard InChI is InChI=1S/C7H10N6O/c1-8-2-6-3-13(12-11-6)4-7-9-5-10-14-7/h3,5,8H,2,4H2,1H3. The van der Waals surface area contributed by atoms with E-state index < -0.39 is 0 Å². The summed E-state index contributed by atoms with van der Waals surface area (Å²) in [6, 6.07) is 0. The molecule has 1 N–H and O–H groups in total. The van der Waals surface area contributed by atoms with Gasteiger partial charge >= 0.3 is 0 Å². The van der Waals surface area contributed by atoms with E-state index in [-0.39, 0.29) is 0 Å². The van der Waals surface area contributed by atoms with Gasteiger partial charge in [0.1, 0.15) is 6.54 Å². The average molecular weight is 194 g/mol. The minimum atomic E-state index is 0.455. The molecule has 7 nitrogen and oxygen atoms in total. The van der Waals surface area contributed by atoms with Crippen LogP contribution in [0.25, 0.3) is 0 Å². The molecule has 0 bridgehead atoms. The molecule has 2 heterocycles. The van der Waals surface area contributed by atoms with Gasteiger partial charge in [-0.2, -0.15) is 4.98 Å². The maximum Gasteiger partial charge on any atom is 0.248 e. The van der Waals surface area contributed by atoms with Crippen LogP contribution in [0, 0.1) is 0 Å².